The van der Waals surface area contributed by atoms with Crippen molar-refractivity contribution in [2.75, 3.05) is 0 Å². The second kappa shape index (κ2) is 5.66. The van der Waals surface area contributed by atoms with Gasteiger partial charge in [0.05, 0.1) is 9.40 Å². The quantitative estimate of drug-likeness (QED) is 0.544. The monoisotopic (exact) mass is 389 g/mol. The summed E-state index contributed by atoms with van der Waals surface area (Å²) in [7, 11) is 0. The molecule has 0 aliphatic heterocycles. The smallest absolute Gasteiger partial charge is 0.346 e. The molecule has 0 N–H and O–H groups in total. The molecule has 2 aromatic rings. The van der Waals surface area contributed by atoms with E-state index in [1.807, 2.05) is 0 Å². The second-order valence-corrected chi connectivity index (χ2v) is 5.29. The zero-order chi connectivity index (χ0) is 14.0. The summed E-state index contributed by atoms with van der Waals surface area (Å²) >= 11 is 6.54. The molecule has 19 heavy (non-hydrogen) atoms. The van der Waals surface area contributed by atoms with E-state index in [4.69, 9.17) is 4.74 Å². The minimum atomic E-state index is -0.935. The molecule has 0 saturated heterocycles. The van der Waals surface area contributed by atoms with Gasteiger partial charge in [-0.2, -0.15) is 4.39 Å². The van der Waals surface area contributed by atoms with Crippen LogP contribution in [0.2, 0.25) is 0 Å². The number of benzene rings is 2. The van der Waals surface area contributed by atoms with Gasteiger partial charge in [-0.3, -0.25) is 10.1 Å². The van der Waals surface area contributed by atoms with Crippen LogP contribution in [-0.4, -0.2) is 4.92 Å². The van der Waals surface area contributed by atoms with Gasteiger partial charge in [-0.05, 0) is 46.3 Å². The van der Waals surface area contributed by atoms with E-state index in [1.165, 1.54) is 12.1 Å². The number of hydrogen-bond donors (Lipinski definition) is 0. The van der Waals surface area contributed by atoms with Gasteiger partial charge in [-0.25, -0.2) is 0 Å². The Morgan fingerprint density at radius 2 is 1.89 bits per heavy atom. The molecule has 4 nitrogen and oxygen atoms in total. The lowest BCUT2D eigenvalue weighted by atomic mass is 10.3. The van der Waals surface area contributed by atoms with E-state index in [0.717, 1.165) is 10.5 Å². The van der Waals surface area contributed by atoms with Gasteiger partial charge < -0.3 is 4.74 Å². The highest BCUT2D eigenvalue weighted by molar-refractivity contribution is 9.11. The Balaban J connectivity index is 2.44. The fraction of sp³-hybridized carbons (Fsp3) is 0. The van der Waals surface area contributed by atoms with Crippen LogP contribution >= 0.6 is 31.9 Å². The summed E-state index contributed by atoms with van der Waals surface area (Å²) in [4.78, 5) is 10.0. The molecule has 2 rings (SSSR count). The van der Waals surface area contributed by atoms with E-state index in [1.54, 1.807) is 18.2 Å². The van der Waals surface area contributed by atoms with Crippen molar-refractivity contribution in [3.63, 3.8) is 0 Å². The Kier molecular flexibility index (Phi) is 4.16. The predicted octanol–water partition coefficient (Wildman–Crippen LogP) is 5.05. The Bertz CT molecular complexity index is 649. The van der Waals surface area contributed by atoms with Crippen molar-refractivity contribution in [3.05, 3.63) is 61.3 Å². The molecule has 0 bridgehead atoms. The summed E-state index contributed by atoms with van der Waals surface area (Å²) in [5.41, 5.74) is -0.683. The molecule has 7 heteroatoms. The molecule has 98 valence electrons. The maximum absolute atomic E-state index is 13.4. The fourth-order valence-corrected chi connectivity index (χ4v) is 2.56. The van der Waals surface area contributed by atoms with Crippen LogP contribution < -0.4 is 4.74 Å². The van der Waals surface area contributed by atoms with Gasteiger partial charge >= 0.3 is 5.69 Å². The zero-order valence-corrected chi connectivity index (χ0v) is 12.4. The number of nitro groups is 1. The third-order valence-corrected chi connectivity index (χ3v) is 3.36. The van der Waals surface area contributed by atoms with Crippen LogP contribution in [0.25, 0.3) is 0 Å². The van der Waals surface area contributed by atoms with Gasteiger partial charge in [0.25, 0.3) is 0 Å². The Hall–Kier alpha value is -1.47. The predicted molar refractivity (Wildman–Crippen MR) is 75.0 cm³/mol. The Morgan fingerprint density at radius 3 is 2.53 bits per heavy atom. The number of rotatable bonds is 3. The summed E-state index contributed by atoms with van der Waals surface area (Å²) in [6, 6.07) is 8.76. The highest BCUT2D eigenvalue weighted by Crippen LogP contribution is 2.37. The van der Waals surface area contributed by atoms with Gasteiger partial charge in [-0.15, -0.1) is 0 Å². The van der Waals surface area contributed by atoms with Crippen LogP contribution in [0.15, 0.2) is 45.3 Å². The van der Waals surface area contributed by atoms with Gasteiger partial charge in [0, 0.05) is 4.47 Å². The highest BCUT2D eigenvalue weighted by atomic mass is 79.9. The molecule has 0 amide bonds. The average Bonchev–Trinajstić information content (AvgIpc) is 2.32. The van der Waals surface area contributed by atoms with Crippen molar-refractivity contribution in [2.45, 2.75) is 0 Å². The third-order valence-electron chi connectivity index (χ3n) is 2.25. The van der Waals surface area contributed by atoms with Gasteiger partial charge in [0.2, 0.25) is 11.6 Å². The second-order valence-electron chi connectivity index (χ2n) is 3.52. The van der Waals surface area contributed by atoms with Crippen LogP contribution in [0.4, 0.5) is 10.1 Å². The molecule has 0 fully saturated rings. The van der Waals surface area contributed by atoms with Crippen molar-refractivity contribution >= 4 is 37.5 Å². The normalized spacial score (nSPS) is 10.3. The molecule has 0 aliphatic carbocycles. The van der Waals surface area contributed by atoms with E-state index < -0.39 is 16.4 Å². The molecule has 0 radical (unpaired) electrons. The molecule has 0 aromatic heterocycles. The van der Waals surface area contributed by atoms with Gasteiger partial charge in [0.15, 0.2) is 0 Å². The molecule has 0 saturated carbocycles. The largest absolute Gasteiger partial charge is 0.449 e. The zero-order valence-electron chi connectivity index (χ0n) is 9.27. The Morgan fingerprint density at radius 1 is 1.16 bits per heavy atom. The van der Waals surface area contributed by atoms with E-state index >= 15 is 0 Å². The molecular weight excluding hydrogens is 385 g/mol. The number of ether oxygens (including phenoxy) is 1. The molecule has 2 aromatic carbocycles. The number of para-hydroxylation sites is 1. The first-order chi connectivity index (χ1) is 8.99. The first-order valence-electron chi connectivity index (χ1n) is 5.05. The fourth-order valence-electron chi connectivity index (χ4n) is 1.43. The summed E-state index contributed by atoms with van der Waals surface area (Å²) < 4.78 is 20.2. The molecule has 0 aliphatic rings. The first kappa shape index (κ1) is 14.0. The maximum Gasteiger partial charge on any atom is 0.346 e. The van der Waals surface area contributed by atoms with E-state index in [2.05, 4.69) is 31.9 Å². The van der Waals surface area contributed by atoms with Gasteiger partial charge in [-0.1, -0.05) is 22.0 Å². The van der Waals surface area contributed by atoms with Crippen LogP contribution in [-0.2, 0) is 0 Å². The molecule has 0 heterocycles. The average molecular weight is 391 g/mol. The number of nitro benzene ring substituents is 1. The summed E-state index contributed by atoms with van der Waals surface area (Å²) in [6.45, 7) is 0. The lowest BCUT2D eigenvalue weighted by molar-refractivity contribution is -0.388. The molecule has 0 atom stereocenters. The van der Waals surface area contributed by atoms with Crippen LogP contribution in [0.1, 0.15) is 0 Å². The van der Waals surface area contributed by atoms with E-state index in [0.29, 0.717) is 10.2 Å². The van der Waals surface area contributed by atoms with Crippen molar-refractivity contribution in [1.82, 2.24) is 0 Å². The third kappa shape index (κ3) is 3.10. The SMILES string of the molecule is O=[N+]([O-])c1c(F)cccc1Oc1ccc(Br)cc1Br. The highest BCUT2D eigenvalue weighted by Gasteiger charge is 2.22. The van der Waals surface area contributed by atoms with Crippen LogP contribution in [0.5, 0.6) is 11.5 Å². The Labute approximate surface area is 124 Å². The lowest BCUT2D eigenvalue weighted by Gasteiger charge is -2.08. The molecule has 0 unspecified atom stereocenters. The van der Waals surface area contributed by atoms with Crippen molar-refractivity contribution in [3.8, 4) is 11.5 Å². The van der Waals surface area contributed by atoms with Gasteiger partial charge in [0.1, 0.15) is 5.75 Å². The van der Waals surface area contributed by atoms with Crippen LogP contribution in [0, 0.1) is 15.9 Å². The summed E-state index contributed by atoms with van der Waals surface area (Å²) in [5.74, 6) is -0.722. The number of nitrogens with zero attached hydrogens (tertiary/aromatic N) is 1. The van der Waals surface area contributed by atoms with E-state index in [9.17, 15) is 14.5 Å². The van der Waals surface area contributed by atoms with E-state index in [-0.39, 0.29) is 5.75 Å². The number of halogens is 3. The maximum atomic E-state index is 13.4. The standard InChI is InChI=1S/C12H6Br2FNO3/c13-7-4-5-10(8(14)6-7)19-11-3-1-2-9(15)12(11)16(17)18/h1-6H. The number of hydrogen-bond acceptors (Lipinski definition) is 3. The lowest BCUT2D eigenvalue weighted by Crippen LogP contribution is -1.96. The topological polar surface area (TPSA) is 52.4 Å². The van der Waals surface area contributed by atoms with Crippen molar-refractivity contribution < 1.29 is 14.1 Å². The summed E-state index contributed by atoms with van der Waals surface area (Å²) in [5, 5.41) is 10.8. The van der Waals surface area contributed by atoms with Crippen molar-refractivity contribution in [2.24, 2.45) is 0 Å². The minimum absolute atomic E-state index is 0.145. The molecule has 0 spiro atoms. The van der Waals surface area contributed by atoms with Crippen LogP contribution in [0.3, 0.4) is 0 Å². The minimum Gasteiger partial charge on any atom is -0.449 e. The molecular formula is C12H6Br2FNO3. The summed E-state index contributed by atoms with van der Waals surface area (Å²) in [6.07, 6.45) is 0. The van der Waals surface area contributed by atoms with Crippen molar-refractivity contribution in [1.29, 1.82) is 0 Å². The first-order valence-corrected chi connectivity index (χ1v) is 6.63.